The summed E-state index contributed by atoms with van der Waals surface area (Å²) in [5, 5.41) is 3.44. The Kier molecular flexibility index (Phi) is 5.84. The van der Waals surface area contributed by atoms with E-state index in [9.17, 15) is 0 Å². The zero-order valence-electron chi connectivity index (χ0n) is 11.2. The molecule has 0 bridgehead atoms. The molecule has 0 saturated heterocycles. The highest BCUT2D eigenvalue weighted by Crippen LogP contribution is 2.23. The van der Waals surface area contributed by atoms with E-state index in [4.69, 9.17) is 9.47 Å². The van der Waals surface area contributed by atoms with Crippen LogP contribution >= 0.6 is 0 Å². The van der Waals surface area contributed by atoms with Crippen LogP contribution < -0.4 is 14.8 Å². The molecule has 0 fully saturated rings. The van der Waals surface area contributed by atoms with Gasteiger partial charge in [0.25, 0.3) is 0 Å². The van der Waals surface area contributed by atoms with Crippen LogP contribution in [0.4, 0.5) is 0 Å². The topological polar surface area (TPSA) is 30.5 Å². The predicted octanol–water partition coefficient (Wildman–Crippen LogP) is 2.84. The van der Waals surface area contributed by atoms with E-state index < -0.39 is 0 Å². The van der Waals surface area contributed by atoms with Crippen molar-refractivity contribution >= 4 is 0 Å². The predicted molar refractivity (Wildman–Crippen MR) is 70.7 cm³/mol. The van der Waals surface area contributed by atoms with Gasteiger partial charge in [0.15, 0.2) is 0 Å². The lowest BCUT2D eigenvalue weighted by molar-refractivity contribution is 0.395. The van der Waals surface area contributed by atoms with Gasteiger partial charge in [0.05, 0.1) is 14.2 Å². The molecule has 0 aliphatic heterocycles. The molecule has 1 aromatic carbocycles. The molecule has 1 aromatic rings. The van der Waals surface area contributed by atoms with Crippen molar-refractivity contribution in [1.29, 1.82) is 0 Å². The quantitative estimate of drug-likeness (QED) is 0.791. The third-order valence-electron chi connectivity index (χ3n) is 2.99. The second kappa shape index (κ2) is 7.17. The first-order valence-electron chi connectivity index (χ1n) is 6.12. The number of hydrogen-bond donors (Lipinski definition) is 1. The first-order chi connectivity index (χ1) is 8.21. The second-order valence-corrected chi connectivity index (χ2v) is 4.32. The first-order valence-corrected chi connectivity index (χ1v) is 6.12. The van der Waals surface area contributed by atoms with Gasteiger partial charge in [-0.25, -0.2) is 0 Å². The van der Waals surface area contributed by atoms with Crippen molar-refractivity contribution in [3.63, 3.8) is 0 Å². The minimum Gasteiger partial charge on any atom is -0.497 e. The van der Waals surface area contributed by atoms with E-state index >= 15 is 0 Å². The molecule has 0 saturated carbocycles. The van der Waals surface area contributed by atoms with Crippen molar-refractivity contribution in [2.24, 2.45) is 5.92 Å². The van der Waals surface area contributed by atoms with Gasteiger partial charge < -0.3 is 14.8 Å². The molecule has 1 unspecified atom stereocenters. The van der Waals surface area contributed by atoms with Crippen LogP contribution in [0, 0.1) is 5.92 Å². The van der Waals surface area contributed by atoms with E-state index in [1.165, 1.54) is 6.42 Å². The maximum absolute atomic E-state index is 5.33. The summed E-state index contributed by atoms with van der Waals surface area (Å²) in [6, 6.07) is 5.87. The average molecular weight is 237 g/mol. The fourth-order valence-electron chi connectivity index (χ4n) is 1.62. The molecule has 0 amide bonds. The molecule has 1 atom stereocenters. The molecular weight excluding hydrogens is 214 g/mol. The minimum absolute atomic E-state index is 0.701. The van der Waals surface area contributed by atoms with Crippen molar-refractivity contribution in [3.05, 3.63) is 23.8 Å². The smallest absolute Gasteiger partial charge is 0.123 e. The minimum atomic E-state index is 0.701. The van der Waals surface area contributed by atoms with E-state index in [1.54, 1.807) is 14.2 Å². The van der Waals surface area contributed by atoms with Crippen LogP contribution in [0.1, 0.15) is 25.8 Å². The molecular formula is C14H23NO2. The number of nitrogens with one attached hydrogen (secondary N) is 1. The third kappa shape index (κ3) is 4.27. The van der Waals surface area contributed by atoms with Crippen LogP contribution in [0.5, 0.6) is 11.5 Å². The molecule has 0 heterocycles. The summed E-state index contributed by atoms with van der Waals surface area (Å²) in [5.74, 6) is 2.47. The van der Waals surface area contributed by atoms with Crippen LogP contribution in [0.2, 0.25) is 0 Å². The lowest BCUT2D eigenvalue weighted by Crippen LogP contribution is -2.20. The fraction of sp³-hybridized carbons (Fsp3) is 0.571. The Morgan fingerprint density at radius 1 is 1.24 bits per heavy atom. The Bertz CT molecular complexity index is 339. The maximum Gasteiger partial charge on any atom is 0.123 e. The average Bonchev–Trinajstić information content (AvgIpc) is 2.38. The van der Waals surface area contributed by atoms with Crippen molar-refractivity contribution in [3.8, 4) is 11.5 Å². The largest absolute Gasteiger partial charge is 0.497 e. The van der Waals surface area contributed by atoms with Crippen LogP contribution in [0.3, 0.4) is 0 Å². The highest BCUT2D eigenvalue weighted by atomic mass is 16.5. The summed E-state index contributed by atoms with van der Waals surface area (Å²) >= 11 is 0. The Labute approximate surface area is 104 Å². The summed E-state index contributed by atoms with van der Waals surface area (Å²) in [6.45, 7) is 6.29. The van der Waals surface area contributed by atoms with Crippen molar-refractivity contribution in [2.75, 3.05) is 20.8 Å². The number of benzene rings is 1. The van der Waals surface area contributed by atoms with Gasteiger partial charge in [0.2, 0.25) is 0 Å². The Hall–Kier alpha value is -1.22. The molecule has 3 heteroatoms. The SMILES string of the molecule is CCC(C)CNCc1cc(OC)ccc1OC. The second-order valence-electron chi connectivity index (χ2n) is 4.32. The van der Waals surface area contributed by atoms with E-state index in [1.807, 2.05) is 18.2 Å². The number of rotatable bonds is 7. The van der Waals surface area contributed by atoms with Crippen LogP contribution in [0.15, 0.2) is 18.2 Å². The van der Waals surface area contributed by atoms with E-state index in [2.05, 4.69) is 19.2 Å². The van der Waals surface area contributed by atoms with Gasteiger partial charge in [-0.3, -0.25) is 0 Å². The fourth-order valence-corrected chi connectivity index (χ4v) is 1.62. The number of hydrogen-bond acceptors (Lipinski definition) is 3. The summed E-state index contributed by atoms with van der Waals surface area (Å²) in [7, 11) is 3.37. The molecule has 3 nitrogen and oxygen atoms in total. The van der Waals surface area contributed by atoms with Crippen LogP contribution in [-0.4, -0.2) is 20.8 Å². The van der Waals surface area contributed by atoms with Gasteiger partial charge in [-0.05, 0) is 30.7 Å². The summed E-state index contributed by atoms with van der Waals surface area (Å²) < 4.78 is 10.6. The molecule has 1 rings (SSSR count). The molecule has 17 heavy (non-hydrogen) atoms. The van der Waals surface area contributed by atoms with Gasteiger partial charge >= 0.3 is 0 Å². The van der Waals surface area contributed by atoms with Crippen molar-refractivity contribution in [2.45, 2.75) is 26.8 Å². The summed E-state index contributed by atoms with van der Waals surface area (Å²) in [4.78, 5) is 0. The molecule has 0 radical (unpaired) electrons. The molecule has 0 spiro atoms. The van der Waals surface area contributed by atoms with E-state index in [0.717, 1.165) is 30.2 Å². The molecule has 96 valence electrons. The third-order valence-corrected chi connectivity index (χ3v) is 2.99. The van der Waals surface area contributed by atoms with Crippen molar-refractivity contribution < 1.29 is 9.47 Å². The zero-order chi connectivity index (χ0) is 12.7. The highest BCUT2D eigenvalue weighted by Gasteiger charge is 2.05. The monoisotopic (exact) mass is 237 g/mol. The van der Waals surface area contributed by atoms with Crippen molar-refractivity contribution in [1.82, 2.24) is 5.32 Å². The van der Waals surface area contributed by atoms with E-state index in [0.29, 0.717) is 5.92 Å². The maximum atomic E-state index is 5.33. The molecule has 0 aliphatic carbocycles. The standard InChI is InChI=1S/C14H23NO2/c1-5-11(2)9-15-10-12-8-13(16-3)6-7-14(12)17-4/h6-8,11,15H,5,9-10H2,1-4H3. The summed E-state index contributed by atoms with van der Waals surface area (Å²) in [6.07, 6.45) is 1.20. The molecule has 0 aliphatic rings. The lowest BCUT2D eigenvalue weighted by Gasteiger charge is -2.13. The normalized spacial score (nSPS) is 12.2. The van der Waals surface area contributed by atoms with Gasteiger partial charge in [-0.15, -0.1) is 0 Å². The Morgan fingerprint density at radius 3 is 2.59 bits per heavy atom. The summed E-state index contributed by atoms with van der Waals surface area (Å²) in [5.41, 5.74) is 1.13. The van der Waals surface area contributed by atoms with Crippen LogP contribution in [0.25, 0.3) is 0 Å². The Morgan fingerprint density at radius 2 is 2.00 bits per heavy atom. The van der Waals surface area contributed by atoms with Crippen LogP contribution in [-0.2, 0) is 6.54 Å². The zero-order valence-corrected chi connectivity index (χ0v) is 11.2. The van der Waals surface area contributed by atoms with E-state index in [-0.39, 0.29) is 0 Å². The lowest BCUT2D eigenvalue weighted by atomic mass is 10.1. The van der Waals surface area contributed by atoms with Gasteiger partial charge in [0, 0.05) is 12.1 Å². The first kappa shape index (κ1) is 13.8. The number of methoxy groups -OCH3 is 2. The number of ether oxygens (including phenoxy) is 2. The Balaban J connectivity index is 2.61. The highest BCUT2D eigenvalue weighted by molar-refractivity contribution is 5.40. The van der Waals surface area contributed by atoms with Gasteiger partial charge in [0.1, 0.15) is 11.5 Å². The van der Waals surface area contributed by atoms with Gasteiger partial charge in [-0.1, -0.05) is 20.3 Å². The molecule has 0 aromatic heterocycles. The molecule has 1 N–H and O–H groups in total. The van der Waals surface area contributed by atoms with Gasteiger partial charge in [-0.2, -0.15) is 0 Å².